The molecule has 1 spiro atoms. The van der Waals surface area contributed by atoms with Crippen LogP contribution in [0.4, 0.5) is 0 Å². The summed E-state index contributed by atoms with van der Waals surface area (Å²) in [4.78, 5) is 58.8. The molecular weight excluding hydrogens is 1000 g/mol. The number of fused-ring (bicyclic) bond motifs is 11. The summed E-state index contributed by atoms with van der Waals surface area (Å²) < 4.78 is 62.5. The number of nitrogens with zero attached hydrogens (tertiary/aromatic N) is 1. The van der Waals surface area contributed by atoms with Crippen LogP contribution in [-0.4, -0.2) is 135 Å². The van der Waals surface area contributed by atoms with E-state index in [2.05, 4.69) is 18.2 Å². The molecule has 5 aliphatic heterocycles. The van der Waals surface area contributed by atoms with Gasteiger partial charge >= 0.3 is 11.9 Å². The minimum Gasteiger partial charge on any atom is -0.508 e. The second-order valence-corrected chi connectivity index (χ2v) is 22.7. The smallest absolute Gasteiger partial charge is 0.340 e. The van der Waals surface area contributed by atoms with Crippen LogP contribution in [0.3, 0.4) is 0 Å². The van der Waals surface area contributed by atoms with Crippen LogP contribution in [-0.2, 0) is 57.8 Å². The summed E-state index contributed by atoms with van der Waals surface area (Å²) in [7, 11) is 6.63. The molecule has 0 radical (unpaired) electrons. The Morgan fingerprint density at radius 3 is 2.15 bits per heavy atom. The van der Waals surface area contributed by atoms with E-state index in [4.69, 9.17) is 47.4 Å². The van der Waals surface area contributed by atoms with E-state index in [1.54, 1.807) is 63.6 Å². The number of cyclic esters (lactones) is 1. The average Bonchev–Trinajstić information content (AvgIpc) is 3.85. The van der Waals surface area contributed by atoms with Crippen LogP contribution in [0.1, 0.15) is 123 Å². The first-order valence-corrected chi connectivity index (χ1v) is 27.9. The molecular formula is C61H73NO16. The number of phenols is 2. The Morgan fingerprint density at radius 1 is 0.769 bits per heavy atom. The number of hydrogen-bond donors (Lipinski definition) is 2. The van der Waals surface area contributed by atoms with Crippen molar-refractivity contribution < 1.29 is 76.8 Å². The number of allylic oxidation sites excluding steroid dienone is 4. The van der Waals surface area contributed by atoms with Crippen LogP contribution in [0.25, 0.3) is 0 Å². The largest absolute Gasteiger partial charge is 0.508 e. The van der Waals surface area contributed by atoms with Crippen LogP contribution in [0.2, 0.25) is 0 Å². The molecule has 2 N–H and O–H groups in total. The summed E-state index contributed by atoms with van der Waals surface area (Å²) in [6.07, 6.45) is 7.76. The first kappa shape index (κ1) is 54.3. The minimum absolute atomic E-state index is 0.0221. The highest BCUT2D eigenvalue weighted by atomic mass is 16.7. The first-order valence-electron chi connectivity index (χ1n) is 27.9. The molecule has 418 valence electrons. The first-order chi connectivity index (χ1) is 37.5. The molecule has 78 heavy (non-hydrogen) atoms. The summed E-state index contributed by atoms with van der Waals surface area (Å²) in [6.45, 7) is 7.83. The maximum Gasteiger partial charge on any atom is 0.340 e. The summed E-state index contributed by atoms with van der Waals surface area (Å²) in [6, 6.07) is 13.7. The summed E-state index contributed by atoms with van der Waals surface area (Å²) in [5.41, 5.74) is 1.17. The molecule has 1 amide bonds. The van der Waals surface area contributed by atoms with Gasteiger partial charge in [0.15, 0.2) is 24.0 Å². The number of hydrogen-bond acceptors (Lipinski definition) is 16. The van der Waals surface area contributed by atoms with Crippen molar-refractivity contribution in [3.8, 4) is 23.0 Å². The van der Waals surface area contributed by atoms with Gasteiger partial charge in [-0.2, -0.15) is 0 Å². The topological polar surface area (TPSA) is 204 Å². The second kappa shape index (κ2) is 21.8. The third-order valence-electron chi connectivity index (χ3n) is 18.4. The van der Waals surface area contributed by atoms with Crippen LogP contribution in [0.15, 0.2) is 78.4 Å². The standard InChI is InChI=1S/C61H73NO16/c1-9-37-11-10-12-49(30(2)54(66)43-28-41-39(42(43)29-52(65)74-37)17-13-33-23-38(27-40(33)41)75-60-57(71-8)56(70-7)55(69-6)32(4)73-60)77-53-22-21-48(31(3)72-53)62(5)58(67)34-14-18-45-44(24-34)59(68)78-61(45)46-19-15-35(63)25-50(46)76-51-26-36(64)16-20-47(51)61/h13-20,24-26,28,30-33,37-42,48-49,53,55-57,60,63-64H,9-12,21-23,27,29H2,1-8H3/t30-,31?,32?,33-,37+,38-,39-,40-,41-,42+,48+,49+,53+,55+,56?,57+,60+/m1/s1. The third-order valence-corrected chi connectivity index (χ3v) is 18.4. The number of aromatic hydroxyl groups is 2. The average molecular weight is 1080 g/mol. The van der Waals surface area contributed by atoms with E-state index in [0.29, 0.717) is 60.8 Å². The van der Waals surface area contributed by atoms with Crippen molar-refractivity contribution >= 4 is 23.6 Å². The van der Waals surface area contributed by atoms with Gasteiger partial charge in [0, 0.05) is 81.0 Å². The summed E-state index contributed by atoms with van der Waals surface area (Å²) >= 11 is 0. The van der Waals surface area contributed by atoms with Crippen LogP contribution in [0, 0.1) is 35.5 Å². The number of amides is 1. The Kier molecular flexibility index (Phi) is 15.2. The van der Waals surface area contributed by atoms with Gasteiger partial charge in [-0.3, -0.25) is 14.4 Å². The number of ether oxygens (including phenoxy) is 10. The predicted octanol–water partition coefficient (Wildman–Crippen LogP) is 8.68. The van der Waals surface area contributed by atoms with Gasteiger partial charge in [-0.25, -0.2) is 4.79 Å². The molecule has 5 heterocycles. The number of phenolic OH excluding ortho intramolecular Hbond substituents is 2. The highest BCUT2D eigenvalue weighted by molar-refractivity contribution is 6.02. The van der Waals surface area contributed by atoms with E-state index in [1.807, 2.05) is 27.7 Å². The molecule has 3 saturated heterocycles. The molecule has 17 heteroatoms. The zero-order valence-electron chi connectivity index (χ0n) is 45.7. The number of carbonyl (C=O) groups excluding carboxylic acids is 4. The molecule has 3 aromatic carbocycles. The number of esters is 2. The molecule has 8 aliphatic rings. The number of ketones is 1. The van der Waals surface area contributed by atoms with E-state index < -0.39 is 48.4 Å². The minimum atomic E-state index is -1.46. The van der Waals surface area contributed by atoms with Gasteiger partial charge in [-0.1, -0.05) is 38.1 Å². The van der Waals surface area contributed by atoms with Gasteiger partial charge in [0.2, 0.25) is 0 Å². The van der Waals surface area contributed by atoms with Gasteiger partial charge in [0.1, 0.15) is 47.4 Å². The monoisotopic (exact) mass is 1080 g/mol. The van der Waals surface area contributed by atoms with E-state index in [0.717, 1.165) is 12.8 Å². The van der Waals surface area contributed by atoms with E-state index in [-0.39, 0.29) is 124 Å². The molecule has 3 aliphatic carbocycles. The van der Waals surface area contributed by atoms with Crippen LogP contribution in [0.5, 0.6) is 23.0 Å². The van der Waals surface area contributed by atoms with Gasteiger partial charge in [-0.15, -0.1) is 0 Å². The van der Waals surface area contributed by atoms with Gasteiger partial charge in [0.25, 0.3) is 5.91 Å². The number of benzene rings is 3. The van der Waals surface area contributed by atoms with Crippen molar-refractivity contribution in [1.29, 1.82) is 0 Å². The van der Waals surface area contributed by atoms with E-state index in [9.17, 15) is 24.6 Å². The molecule has 11 rings (SSSR count). The Labute approximate surface area is 455 Å². The molecule has 0 aromatic heterocycles. The molecule has 17 atom stereocenters. The van der Waals surface area contributed by atoms with Crippen molar-refractivity contribution in [2.75, 3.05) is 28.4 Å². The third kappa shape index (κ3) is 9.53. The van der Waals surface area contributed by atoms with E-state index in [1.165, 1.54) is 24.3 Å². The number of likely N-dealkylation sites (N-methyl/N-ethyl adjacent to an activating group) is 1. The molecule has 3 aromatic rings. The Morgan fingerprint density at radius 2 is 1.47 bits per heavy atom. The zero-order chi connectivity index (χ0) is 54.9. The van der Waals surface area contributed by atoms with Crippen LogP contribution < -0.4 is 4.74 Å². The number of carbonyl (C=O) groups is 4. The highest BCUT2D eigenvalue weighted by Crippen LogP contribution is 2.58. The fourth-order valence-corrected chi connectivity index (χ4v) is 14.4. The van der Waals surface area contributed by atoms with Crippen molar-refractivity contribution in [2.24, 2.45) is 35.5 Å². The molecule has 3 unspecified atom stereocenters. The molecule has 17 nitrogen and oxygen atoms in total. The van der Waals surface area contributed by atoms with Crippen molar-refractivity contribution in [3.05, 3.63) is 106 Å². The lowest BCUT2D eigenvalue weighted by molar-refractivity contribution is -0.314. The van der Waals surface area contributed by atoms with Gasteiger partial charge in [0.05, 0.1) is 42.4 Å². The maximum absolute atomic E-state index is 15.1. The number of rotatable bonds is 10. The zero-order valence-corrected chi connectivity index (χ0v) is 45.7. The van der Waals surface area contributed by atoms with Crippen molar-refractivity contribution in [2.45, 2.75) is 159 Å². The van der Waals surface area contributed by atoms with Crippen molar-refractivity contribution in [1.82, 2.24) is 4.90 Å². The number of methoxy groups -OCH3 is 3. The molecule has 0 bridgehead atoms. The van der Waals surface area contributed by atoms with Crippen molar-refractivity contribution in [3.63, 3.8) is 0 Å². The Bertz CT molecular complexity index is 2810. The van der Waals surface area contributed by atoms with Crippen LogP contribution >= 0.6 is 0 Å². The SMILES string of the molecule is CC[C@H]1CCC[C@H](O[C@H]2CC[C@H](N(C)C(=O)c3ccc4c(c3)C(=O)OC43c4ccc(O)cc4Oc4cc(O)ccc43)C(C)O2)[C@@H](C)C(=O)C2=C[C@@H]3[C@@H](C=C[C@@H]4C[C@@H](O[C@@H]5OC(C)[C@H](OC)C(OC)[C@@H]5OC)C[C@@H]34)[C@@H]2CC(=O)O1. The quantitative estimate of drug-likeness (QED) is 0.144. The van der Waals surface area contributed by atoms with Gasteiger partial charge in [-0.05, 0) is 124 Å². The maximum atomic E-state index is 15.1. The summed E-state index contributed by atoms with van der Waals surface area (Å²) in [5, 5.41) is 20.7. The lowest BCUT2D eigenvalue weighted by atomic mass is 9.70. The normalized spacial score (nSPS) is 35.8. The van der Waals surface area contributed by atoms with Gasteiger partial charge < -0.3 is 62.5 Å². The Hall–Kier alpha value is -5.66. The predicted molar refractivity (Wildman–Crippen MR) is 281 cm³/mol. The fourth-order valence-electron chi connectivity index (χ4n) is 14.4. The number of Topliss-reactive ketones (excluding diaryl/α,β-unsaturated/α-hetero) is 1. The summed E-state index contributed by atoms with van der Waals surface area (Å²) in [5.74, 6) is -1.35. The fraction of sp³-hybridized carbons (Fsp3) is 0.574. The lowest BCUT2D eigenvalue weighted by Gasteiger charge is -2.44. The molecule has 4 fully saturated rings. The highest BCUT2D eigenvalue weighted by Gasteiger charge is 2.56. The second-order valence-electron chi connectivity index (χ2n) is 22.7. The Balaban J connectivity index is 0.778. The van der Waals surface area contributed by atoms with E-state index >= 15 is 4.79 Å². The lowest BCUT2D eigenvalue weighted by Crippen LogP contribution is -2.59. The molecule has 1 saturated carbocycles.